The summed E-state index contributed by atoms with van der Waals surface area (Å²) in [6, 6.07) is 0. The fourth-order valence-electron chi connectivity index (χ4n) is 4.19. The van der Waals surface area contributed by atoms with E-state index in [0.29, 0.717) is 25.7 Å². The van der Waals surface area contributed by atoms with Crippen molar-refractivity contribution in [3.63, 3.8) is 0 Å². The number of ether oxygens (including phenoxy) is 3. The van der Waals surface area contributed by atoms with Gasteiger partial charge in [-0.2, -0.15) is 0 Å². The Labute approximate surface area is 186 Å². The average Bonchev–Trinajstić information content (AvgIpc) is 3.50. The first-order chi connectivity index (χ1) is 15.2. The summed E-state index contributed by atoms with van der Waals surface area (Å²) in [7, 11) is 0. The molecule has 0 saturated carbocycles. The number of carbonyl (C=O) groups is 1. The van der Waals surface area contributed by atoms with Gasteiger partial charge in [0.15, 0.2) is 0 Å². The maximum absolute atomic E-state index is 11.6. The van der Waals surface area contributed by atoms with E-state index >= 15 is 0 Å². The van der Waals surface area contributed by atoms with Crippen molar-refractivity contribution in [1.82, 2.24) is 0 Å². The highest BCUT2D eigenvalue weighted by atomic mass is 16.6. The fraction of sp³-hybridized carbons (Fsp3) is 0.577. The topological polar surface area (TPSA) is 68.3 Å². The quantitative estimate of drug-likeness (QED) is 0.462. The second-order valence-corrected chi connectivity index (χ2v) is 8.38. The molecule has 31 heavy (non-hydrogen) atoms. The highest BCUT2D eigenvalue weighted by Gasteiger charge is 2.37. The molecular weight excluding hydrogens is 392 g/mol. The van der Waals surface area contributed by atoms with Crippen molar-refractivity contribution in [3.05, 3.63) is 60.8 Å². The van der Waals surface area contributed by atoms with Gasteiger partial charge >= 0.3 is 5.97 Å². The Morgan fingerprint density at radius 3 is 2.35 bits per heavy atom. The van der Waals surface area contributed by atoms with Crippen molar-refractivity contribution in [2.45, 2.75) is 75.8 Å². The van der Waals surface area contributed by atoms with Crippen LogP contribution in [0.2, 0.25) is 0 Å². The SMILES string of the molecule is O=C(O)C1CCC2CCCC3OC3C=CCOCCC=CC=CC=CC=CCCC1O2. The van der Waals surface area contributed by atoms with Crippen LogP contribution in [0, 0.1) is 5.92 Å². The first-order valence-electron chi connectivity index (χ1n) is 11.7. The molecule has 0 radical (unpaired) electrons. The Bertz CT molecular complexity index is 690. The zero-order valence-electron chi connectivity index (χ0n) is 18.3. The lowest BCUT2D eigenvalue weighted by molar-refractivity contribution is -0.157. The minimum Gasteiger partial charge on any atom is -0.481 e. The summed E-state index contributed by atoms with van der Waals surface area (Å²) in [5.41, 5.74) is 0. The van der Waals surface area contributed by atoms with Crippen LogP contribution in [0.3, 0.4) is 0 Å². The van der Waals surface area contributed by atoms with Gasteiger partial charge in [0.1, 0.15) is 6.10 Å². The van der Waals surface area contributed by atoms with E-state index in [9.17, 15) is 9.90 Å². The average molecular weight is 429 g/mol. The summed E-state index contributed by atoms with van der Waals surface area (Å²) in [5, 5.41) is 9.56. The summed E-state index contributed by atoms with van der Waals surface area (Å²) >= 11 is 0. The maximum Gasteiger partial charge on any atom is 0.309 e. The van der Waals surface area contributed by atoms with Gasteiger partial charge in [-0.3, -0.25) is 4.79 Å². The first-order valence-corrected chi connectivity index (χ1v) is 11.7. The van der Waals surface area contributed by atoms with Gasteiger partial charge in [-0.1, -0.05) is 60.8 Å². The molecule has 5 atom stereocenters. The van der Waals surface area contributed by atoms with E-state index in [0.717, 1.165) is 44.9 Å². The first kappa shape index (κ1) is 23.7. The molecule has 5 unspecified atom stereocenters. The van der Waals surface area contributed by atoms with Gasteiger partial charge in [0.2, 0.25) is 0 Å². The molecule has 2 fully saturated rings. The van der Waals surface area contributed by atoms with Gasteiger partial charge in [0, 0.05) is 0 Å². The molecular formula is C26H36O5. The predicted molar refractivity (Wildman–Crippen MR) is 122 cm³/mol. The Morgan fingerprint density at radius 1 is 0.774 bits per heavy atom. The zero-order chi connectivity index (χ0) is 21.7. The Kier molecular flexibility index (Phi) is 10.3. The largest absolute Gasteiger partial charge is 0.481 e. The lowest BCUT2D eigenvalue weighted by Crippen LogP contribution is -2.39. The van der Waals surface area contributed by atoms with E-state index in [-0.39, 0.29) is 18.3 Å². The molecule has 0 aromatic heterocycles. The van der Waals surface area contributed by atoms with E-state index in [2.05, 4.69) is 18.2 Å². The van der Waals surface area contributed by atoms with Gasteiger partial charge < -0.3 is 19.3 Å². The standard InChI is InChI=1S/C26H36O5/c27-26(28)22-18-17-21-13-11-15-24-25(31-24)16-12-20-29-19-10-8-6-4-2-1-3-5-7-9-14-23(22)30-21/h1-8,12,16,21-25H,9-11,13-15,17-20H2,(H,27,28). The van der Waals surface area contributed by atoms with Gasteiger partial charge in [-0.15, -0.1) is 0 Å². The molecule has 2 bridgehead atoms. The smallest absolute Gasteiger partial charge is 0.309 e. The summed E-state index contributed by atoms with van der Waals surface area (Å²) in [4.78, 5) is 11.6. The minimum atomic E-state index is -0.733. The van der Waals surface area contributed by atoms with Crippen LogP contribution in [-0.4, -0.2) is 48.7 Å². The number of hydrogen-bond acceptors (Lipinski definition) is 4. The molecule has 2 saturated heterocycles. The Morgan fingerprint density at radius 2 is 1.55 bits per heavy atom. The van der Waals surface area contributed by atoms with Crippen molar-refractivity contribution in [2.24, 2.45) is 5.92 Å². The molecule has 170 valence electrons. The number of epoxide rings is 1. The summed E-state index contributed by atoms with van der Waals surface area (Å²) in [6.45, 7) is 1.33. The molecule has 5 nitrogen and oxygen atoms in total. The van der Waals surface area contributed by atoms with Crippen LogP contribution in [0.4, 0.5) is 0 Å². The number of carboxylic acid groups (broad SMARTS) is 1. The van der Waals surface area contributed by atoms with Gasteiger partial charge in [-0.05, 0) is 51.4 Å². The molecule has 1 N–H and O–H groups in total. The van der Waals surface area contributed by atoms with Crippen LogP contribution >= 0.6 is 0 Å². The number of allylic oxidation sites excluding steroid dienone is 7. The summed E-state index contributed by atoms with van der Waals surface area (Å²) in [6.07, 6.45) is 27.9. The van der Waals surface area contributed by atoms with Crippen molar-refractivity contribution in [1.29, 1.82) is 0 Å². The maximum atomic E-state index is 11.6. The fourth-order valence-corrected chi connectivity index (χ4v) is 4.19. The lowest BCUT2D eigenvalue weighted by atomic mass is 9.88. The Balaban J connectivity index is 1.53. The van der Waals surface area contributed by atoms with Crippen molar-refractivity contribution >= 4 is 5.97 Å². The third-order valence-corrected chi connectivity index (χ3v) is 5.98. The minimum absolute atomic E-state index is 0.161. The van der Waals surface area contributed by atoms with E-state index in [1.165, 1.54) is 0 Å². The van der Waals surface area contributed by atoms with E-state index in [4.69, 9.17) is 14.2 Å². The second-order valence-electron chi connectivity index (χ2n) is 8.38. The zero-order valence-corrected chi connectivity index (χ0v) is 18.3. The number of fused-ring (bicyclic) bond motifs is 3. The molecule has 3 heterocycles. The van der Waals surface area contributed by atoms with Crippen molar-refractivity contribution in [3.8, 4) is 0 Å². The van der Waals surface area contributed by atoms with Crippen molar-refractivity contribution in [2.75, 3.05) is 13.2 Å². The third kappa shape index (κ3) is 8.98. The van der Waals surface area contributed by atoms with E-state index in [1.54, 1.807) is 0 Å². The molecule has 5 heteroatoms. The molecule has 0 aliphatic carbocycles. The van der Waals surface area contributed by atoms with Crippen LogP contribution in [-0.2, 0) is 19.0 Å². The van der Waals surface area contributed by atoms with Gasteiger partial charge in [-0.25, -0.2) is 0 Å². The van der Waals surface area contributed by atoms with Gasteiger partial charge in [0.05, 0.1) is 37.4 Å². The van der Waals surface area contributed by atoms with Crippen molar-refractivity contribution < 1.29 is 24.1 Å². The lowest BCUT2D eigenvalue weighted by Gasteiger charge is -2.34. The number of carboxylic acids is 1. The van der Waals surface area contributed by atoms with Crippen LogP contribution < -0.4 is 0 Å². The molecule has 0 amide bonds. The monoisotopic (exact) mass is 428 g/mol. The van der Waals surface area contributed by atoms with E-state index in [1.807, 2.05) is 42.5 Å². The molecule has 0 aromatic rings. The van der Waals surface area contributed by atoms with Gasteiger partial charge in [0.25, 0.3) is 0 Å². The second kappa shape index (κ2) is 13.5. The highest BCUT2D eigenvalue weighted by molar-refractivity contribution is 5.70. The molecule has 0 aromatic carbocycles. The molecule has 3 rings (SSSR count). The Hall–Kier alpha value is -1.95. The number of hydrogen-bond donors (Lipinski definition) is 1. The number of aliphatic carboxylic acids is 1. The molecule has 3 aliphatic rings. The summed E-state index contributed by atoms with van der Waals surface area (Å²) in [5.74, 6) is -1.12. The number of rotatable bonds is 1. The third-order valence-electron chi connectivity index (χ3n) is 5.98. The molecule has 0 spiro atoms. The van der Waals surface area contributed by atoms with Crippen LogP contribution in [0.15, 0.2) is 60.8 Å². The van der Waals surface area contributed by atoms with Crippen LogP contribution in [0.25, 0.3) is 0 Å². The highest BCUT2D eigenvalue weighted by Crippen LogP contribution is 2.33. The normalized spacial score (nSPS) is 33.4. The van der Waals surface area contributed by atoms with Crippen LogP contribution in [0.1, 0.15) is 51.4 Å². The van der Waals surface area contributed by atoms with Crippen LogP contribution in [0.5, 0.6) is 0 Å². The van der Waals surface area contributed by atoms with E-state index < -0.39 is 11.9 Å². The molecule has 3 aliphatic heterocycles. The summed E-state index contributed by atoms with van der Waals surface area (Å²) < 4.78 is 17.6. The predicted octanol–water partition coefficient (Wildman–Crippen LogP) is 5.15.